The van der Waals surface area contributed by atoms with Crippen molar-refractivity contribution < 1.29 is 0 Å². The molecule has 0 unspecified atom stereocenters. The second-order valence-corrected chi connectivity index (χ2v) is 5.91. The molecule has 3 aromatic heterocycles. The maximum atomic E-state index is 4.49. The molecule has 0 spiro atoms. The summed E-state index contributed by atoms with van der Waals surface area (Å²) in [6.45, 7) is 1.00. The topological polar surface area (TPSA) is 68.5 Å². The SMILES string of the molecule is c1ccc(Nc2nc(-c3cnn(CC4CC4)c3)ns2)nc1. The van der Waals surface area contributed by atoms with Gasteiger partial charge in [-0.3, -0.25) is 4.68 Å². The zero-order valence-electron chi connectivity index (χ0n) is 11.3. The fourth-order valence-corrected chi connectivity index (χ4v) is 2.68. The zero-order valence-corrected chi connectivity index (χ0v) is 12.1. The first kappa shape index (κ1) is 12.5. The second kappa shape index (κ2) is 5.25. The molecule has 0 aliphatic heterocycles. The zero-order chi connectivity index (χ0) is 14.1. The minimum Gasteiger partial charge on any atom is -0.315 e. The predicted octanol–water partition coefficient (Wildman–Crippen LogP) is 2.95. The fourth-order valence-electron chi connectivity index (χ4n) is 2.08. The largest absolute Gasteiger partial charge is 0.315 e. The first-order valence-electron chi connectivity index (χ1n) is 6.91. The van der Waals surface area contributed by atoms with Crippen LogP contribution in [0, 0.1) is 5.92 Å². The molecule has 1 saturated carbocycles. The van der Waals surface area contributed by atoms with Gasteiger partial charge in [-0.15, -0.1) is 0 Å². The molecule has 106 valence electrons. The van der Waals surface area contributed by atoms with Crippen molar-refractivity contribution in [3.8, 4) is 11.4 Å². The smallest absolute Gasteiger partial charge is 0.208 e. The lowest BCUT2D eigenvalue weighted by Gasteiger charge is -1.98. The van der Waals surface area contributed by atoms with E-state index in [2.05, 4.69) is 24.8 Å². The van der Waals surface area contributed by atoms with Crippen molar-refractivity contribution in [1.29, 1.82) is 0 Å². The van der Waals surface area contributed by atoms with Crippen LogP contribution in [0.2, 0.25) is 0 Å². The quantitative estimate of drug-likeness (QED) is 0.784. The number of nitrogens with zero attached hydrogens (tertiary/aromatic N) is 5. The molecule has 1 N–H and O–H groups in total. The molecule has 3 aromatic rings. The van der Waals surface area contributed by atoms with Crippen LogP contribution in [0.15, 0.2) is 36.8 Å². The highest BCUT2D eigenvalue weighted by Gasteiger charge is 2.22. The van der Waals surface area contributed by atoms with Gasteiger partial charge in [0.2, 0.25) is 5.13 Å². The predicted molar refractivity (Wildman–Crippen MR) is 81.4 cm³/mol. The van der Waals surface area contributed by atoms with Crippen LogP contribution in [-0.4, -0.2) is 24.1 Å². The van der Waals surface area contributed by atoms with Gasteiger partial charge in [0.1, 0.15) is 5.82 Å². The monoisotopic (exact) mass is 298 g/mol. The van der Waals surface area contributed by atoms with Gasteiger partial charge in [0.05, 0.1) is 11.8 Å². The Bertz CT molecular complexity index is 731. The number of pyridine rings is 1. The highest BCUT2D eigenvalue weighted by molar-refractivity contribution is 7.09. The second-order valence-electron chi connectivity index (χ2n) is 5.16. The summed E-state index contributed by atoms with van der Waals surface area (Å²) in [5.41, 5.74) is 0.959. The van der Waals surface area contributed by atoms with Crippen molar-refractivity contribution in [3.63, 3.8) is 0 Å². The first-order chi connectivity index (χ1) is 10.4. The number of aromatic nitrogens is 5. The van der Waals surface area contributed by atoms with E-state index < -0.39 is 0 Å². The summed E-state index contributed by atoms with van der Waals surface area (Å²) < 4.78 is 6.36. The number of nitrogens with one attached hydrogen (secondary N) is 1. The van der Waals surface area contributed by atoms with E-state index in [1.165, 1.54) is 24.4 Å². The molecule has 7 heteroatoms. The summed E-state index contributed by atoms with van der Waals surface area (Å²) in [7, 11) is 0. The Hall–Kier alpha value is -2.28. The van der Waals surface area contributed by atoms with Crippen molar-refractivity contribution in [2.45, 2.75) is 19.4 Å². The maximum absolute atomic E-state index is 4.49. The third-order valence-electron chi connectivity index (χ3n) is 3.36. The van der Waals surface area contributed by atoms with Crippen LogP contribution in [0.3, 0.4) is 0 Å². The van der Waals surface area contributed by atoms with E-state index >= 15 is 0 Å². The molecule has 0 aromatic carbocycles. The van der Waals surface area contributed by atoms with Crippen LogP contribution in [0.1, 0.15) is 12.8 Å². The average molecular weight is 298 g/mol. The highest BCUT2D eigenvalue weighted by Crippen LogP contribution is 2.31. The van der Waals surface area contributed by atoms with Gasteiger partial charge in [-0.1, -0.05) is 6.07 Å². The van der Waals surface area contributed by atoms with Crippen LogP contribution < -0.4 is 5.32 Å². The van der Waals surface area contributed by atoms with Gasteiger partial charge in [-0.25, -0.2) is 4.98 Å². The van der Waals surface area contributed by atoms with Gasteiger partial charge >= 0.3 is 0 Å². The van der Waals surface area contributed by atoms with E-state index in [0.29, 0.717) is 5.82 Å². The van der Waals surface area contributed by atoms with Crippen molar-refractivity contribution in [3.05, 3.63) is 36.8 Å². The van der Waals surface area contributed by atoms with Crippen molar-refractivity contribution >= 4 is 22.5 Å². The average Bonchev–Trinajstić information content (AvgIpc) is 2.99. The lowest BCUT2D eigenvalue weighted by Crippen LogP contribution is -1.99. The molecule has 4 rings (SSSR count). The summed E-state index contributed by atoms with van der Waals surface area (Å²) in [4.78, 5) is 8.70. The van der Waals surface area contributed by atoms with Gasteiger partial charge in [0.15, 0.2) is 5.82 Å². The standard InChI is InChI=1S/C14H14N6S/c1-2-6-15-12(3-1)17-14-18-13(19-21-14)11-7-16-20(9-11)8-10-4-5-10/h1-3,6-7,9-10H,4-5,8H2,(H,15,17,18,19). The molecule has 0 saturated heterocycles. The Morgan fingerprint density at radius 2 is 2.29 bits per heavy atom. The van der Waals surface area contributed by atoms with Crippen LogP contribution in [0.25, 0.3) is 11.4 Å². The fraction of sp³-hybridized carbons (Fsp3) is 0.286. The summed E-state index contributed by atoms with van der Waals surface area (Å²) in [5, 5.41) is 8.26. The lowest BCUT2D eigenvalue weighted by atomic mass is 10.3. The highest BCUT2D eigenvalue weighted by atomic mass is 32.1. The molecule has 1 fully saturated rings. The van der Waals surface area contributed by atoms with Gasteiger partial charge in [-0.05, 0) is 30.9 Å². The molecule has 0 radical (unpaired) electrons. The molecule has 21 heavy (non-hydrogen) atoms. The molecule has 0 bridgehead atoms. The van der Waals surface area contributed by atoms with Crippen molar-refractivity contribution in [2.75, 3.05) is 5.32 Å². The van der Waals surface area contributed by atoms with Crippen molar-refractivity contribution in [1.82, 2.24) is 24.1 Å². The molecule has 6 nitrogen and oxygen atoms in total. The van der Waals surface area contributed by atoms with Crippen LogP contribution >= 0.6 is 11.5 Å². The Morgan fingerprint density at radius 1 is 1.33 bits per heavy atom. The molecule has 0 amide bonds. The van der Waals surface area contributed by atoms with E-state index in [-0.39, 0.29) is 0 Å². The Balaban J connectivity index is 1.49. The normalized spacial score (nSPS) is 14.3. The van der Waals surface area contributed by atoms with Crippen LogP contribution in [-0.2, 0) is 6.54 Å². The Labute approximate surface area is 126 Å². The third kappa shape index (κ3) is 2.92. The number of hydrogen-bond donors (Lipinski definition) is 1. The molecule has 3 heterocycles. The Morgan fingerprint density at radius 3 is 3.10 bits per heavy atom. The minimum atomic E-state index is 0.709. The molecule has 1 aliphatic rings. The van der Waals surface area contributed by atoms with E-state index in [9.17, 15) is 0 Å². The van der Waals surface area contributed by atoms with E-state index in [1.54, 1.807) is 6.20 Å². The molecule has 1 aliphatic carbocycles. The third-order valence-corrected chi connectivity index (χ3v) is 3.99. The van der Waals surface area contributed by atoms with Gasteiger partial charge in [-0.2, -0.15) is 14.5 Å². The number of anilines is 2. The van der Waals surface area contributed by atoms with E-state index in [0.717, 1.165) is 29.0 Å². The summed E-state index contributed by atoms with van der Waals surface area (Å²) >= 11 is 1.33. The molecular formula is C14H14N6S. The van der Waals surface area contributed by atoms with Crippen molar-refractivity contribution in [2.24, 2.45) is 5.92 Å². The number of hydrogen-bond acceptors (Lipinski definition) is 6. The summed E-state index contributed by atoms with van der Waals surface area (Å²) in [6, 6.07) is 5.71. The first-order valence-corrected chi connectivity index (χ1v) is 7.69. The van der Waals surface area contributed by atoms with Gasteiger partial charge in [0.25, 0.3) is 0 Å². The maximum Gasteiger partial charge on any atom is 0.208 e. The Kier molecular flexibility index (Phi) is 3.11. The lowest BCUT2D eigenvalue weighted by molar-refractivity contribution is 0.563. The molecular weight excluding hydrogens is 284 g/mol. The molecule has 0 atom stereocenters. The van der Waals surface area contributed by atoms with E-state index in [1.807, 2.05) is 35.3 Å². The van der Waals surface area contributed by atoms with Gasteiger partial charge in [0, 0.05) is 30.5 Å². The van der Waals surface area contributed by atoms with Crippen LogP contribution in [0.4, 0.5) is 10.9 Å². The summed E-state index contributed by atoms with van der Waals surface area (Å²) in [6.07, 6.45) is 8.23. The number of rotatable bonds is 5. The minimum absolute atomic E-state index is 0.709. The van der Waals surface area contributed by atoms with Crippen LogP contribution in [0.5, 0.6) is 0 Å². The van der Waals surface area contributed by atoms with E-state index in [4.69, 9.17) is 0 Å². The summed E-state index contributed by atoms with van der Waals surface area (Å²) in [5.74, 6) is 2.28. The van der Waals surface area contributed by atoms with Gasteiger partial charge < -0.3 is 5.32 Å².